The van der Waals surface area contributed by atoms with Crippen LogP contribution in [0.25, 0.3) is 0 Å². The highest BCUT2D eigenvalue weighted by Crippen LogP contribution is 2.31. The normalized spacial score (nSPS) is 25.1. The number of likely N-dealkylation sites (N-methyl/N-ethyl adjacent to an activating group) is 1. The third-order valence-electron chi connectivity index (χ3n) is 1.44. The highest BCUT2D eigenvalue weighted by molar-refractivity contribution is 5.27. The Labute approximate surface area is 49.5 Å². The SMILES string of the molecule is C=NN(C)C1CC1=C. The zero-order valence-electron chi connectivity index (χ0n) is 5.09. The second kappa shape index (κ2) is 1.62. The lowest BCUT2D eigenvalue weighted by atomic mass is 10.6. The zero-order chi connectivity index (χ0) is 6.15. The molecule has 1 saturated carbocycles. The van der Waals surface area contributed by atoms with E-state index in [0.717, 1.165) is 6.42 Å². The Morgan fingerprint density at radius 3 is 2.50 bits per heavy atom. The van der Waals surface area contributed by atoms with Gasteiger partial charge in [-0.25, -0.2) is 0 Å². The third kappa shape index (κ3) is 0.735. The van der Waals surface area contributed by atoms with Crippen molar-refractivity contribution in [2.75, 3.05) is 7.05 Å². The van der Waals surface area contributed by atoms with Gasteiger partial charge in [0.2, 0.25) is 0 Å². The van der Waals surface area contributed by atoms with Crippen molar-refractivity contribution in [3.63, 3.8) is 0 Å². The predicted molar refractivity (Wildman–Crippen MR) is 34.9 cm³/mol. The topological polar surface area (TPSA) is 15.6 Å². The van der Waals surface area contributed by atoms with Gasteiger partial charge < -0.3 is 0 Å². The Bertz CT molecular complexity index is 128. The van der Waals surface area contributed by atoms with Gasteiger partial charge in [0.05, 0.1) is 6.04 Å². The highest BCUT2D eigenvalue weighted by Gasteiger charge is 2.30. The van der Waals surface area contributed by atoms with E-state index in [9.17, 15) is 0 Å². The fourth-order valence-electron chi connectivity index (χ4n) is 0.684. The molecule has 0 amide bonds. The largest absolute Gasteiger partial charge is 0.293 e. The van der Waals surface area contributed by atoms with Gasteiger partial charge in [-0.1, -0.05) is 12.2 Å². The molecule has 2 heteroatoms. The minimum atomic E-state index is 0.493. The second-order valence-corrected chi connectivity index (χ2v) is 2.09. The lowest BCUT2D eigenvalue weighted by Crippen LogP contribution is -2.12. The van der Waals surface area contributed by atoms with Gasteiger partial charge in [-0.05, 0) is 6.42 Å². The minimum absolute atomic E-state index is 0.493. The van der Waals surface area contributed by atoms with Crippen molar-refractivity contribution in [2.24, 2.45) is 5.10 Å². The molecule has 1 aliphatic carbocycles. The van der Waals surface area contributed by atoms with E-state index in [1.54, 1.807) is 0 Å². The van der Waals surface area contributed by atoms with Gasteiger partial charge >= 0.3 is 0 Å². The molecule has 1 fully saturated rings. The van der Waals surface area contributed by atoms with E-state index in [1.807, 2.05) is 12.1 Å². The summed E-state index contributed by atoms with van der Waals surface area (Å²) >= 11 is 0. The summed E-state index contributed by atoms with van der Waals surface area (Å²) < 4.78 is 0. The van der Waals surface area contributed by atoms with Crippen molar-refractivity contribution in [3.05, 3.63) is 12.2 Å². The molecule has 1 atom stereocenters. The molecule has 0 aromatic carbocycles. The van der Waals surface area contributed by atoms with Gasteiger partial charge in [0, 0.05) is 13.8 Å². The maximum Gasteiger partial charge on any atom is 0.0712 e. The molecule has 0 N–H and O–H groups in total. The number of nitrogens with zero attached hydrogens (tertiary/aromatic N) is 2. The first-order valence-corrected chi connectivity index (χ1v) is 2.63. The van der Waals surface area contributed by atoms with Gasteiger partial charge in [-0.2, -0.15) is 5.10 Å². The first kappa shape index (κ1) is 5.35. The van der Waals surface area contributed by atoms with Gasteiger partial charge in [-0.15, -0.1) is 0 Å². The Hall–Kier alpha value is -0.790. The van der Waals surface area contributed by atoms with Crippen molar-refractivity contribution in [1.82, 2.24) is 5.01 Å². The maximum absolute atomic E-state index is 3.79. The van der Waals surface area contributed by atoms with E-state index < -0.39 is 0 Å². The maximum atomic E-state index is 3.79. The molecule has 1 rings (SSSR count). The van der Waals surface area contributed by atoms with E-state index in [0.29, 0.717) is 6.04 Å². The molecule has 0 saturated heterocycles. The fraction of sp³-hybridized carbons (Fsp3) is 0.500. The van der Waals surface area contributed by atoms with Crippen LogP contribution < -0.4 is 0 Å². The summed E-state index contributed by atoms with van der Waals surface area (Å²) in [6, 6.07) is 0.493. The third-order valence-corrected chi connectivity index (χ3v) is 1.44. The molecule has 0 spiro atoms. The number of hydrazone groups is 1. The van der Waals surface area contributed by atoms with Gasteiger partial charge in [0.25, 0.3) is 0 Å². The van der Waals surface area contributed by atoms with Crippen LogP contribution in [0.4, 0.5) is 0 Å². The first-order valence-electron chi connectivity index (χ1n) is 2.63. The van der Waals surface area contributed by atoms with E-state index >= 15 is 0 Å². The van der Waals surface area contributed by atoms with Crippen LogP contribution in [0.15, 0.2) is 17.3 Å². The Morgan fingerprint density at radius 1 is 1.88 bits per heavy atom. The van der Waals surface area contributed by atoms with Crippen LogP contribution in [0.1, 0.15) is 6.42 Å². The molecule has 8 heavy (non-hydrogen) atoms. The van der Waals surface area contributed by atoms with Crippen LogP contribution in [0, 0.1) is 0 Å². The van der Waals surface area contributed by atoms with E-state index in [-0.39, 0.29) is 0 Å². The van der Waals surface area contributed by atoms with Crippen LogP contribution in [0.2, 0.25) is 0 Å². The monoisotopic (exact) mass is 110 g/mol. The fourth-order valence-corrected chi connectivity index (χ4v) is 0.684. The average molecular weight is 110 g/mol. The van der Waals surface area contributed by atoms with Gasteiger partial charge in [0.15, 0.2) is 0 Å². The van der Waals surface area contributed by atoms with E-state index in [1.165, 1.54) is 5.57 Å². The highest BCUT2D eigenvalue weighted by atomic mass is 15.5. The quantitative estimate of drug-likeness (QED) is 0.292. The van der Waals surface area contributed by atoms with Crippen LogP contribution in [0.5, 0.6) is 0 Å². The summed E-state index contributed by atoms with van der Waals surface area (Å²) in [5.41, 5.74) is 1.26. The minimum Gasteiger partial charge on any atom is -0.293 e. The summed E-state index contributed by atoms with van der Waals surface area (Å²) in [6.45, 7) is 7.18. The van der Waals surface area contributed by atoms with Crippen LogP contribution >= 0.6 is 0 Å². The van der Waals surface area contributed by atoms with Crippen molar-refractivity contribution >= 4 is 6.72 Å². The van der Waals surface area contributed by atoms with Crippen LogP contribution in [0.3, 0.4) is 0 Å². The summed E-state index contributed by atoms with van der Waals surface area (Å²) in [7, 11) is 1.91. The van der Waals surface area contributed by atoms with E-state index in [2.05, 4.69) is 18.4 Å². The molecule has 1 aliphatic rings. The standard InChI is InChI=1S/C6H10N2/c1-5-4-6(5)8(3)7-2/h6H,1-2,4H2,3H3. The molecule has 1 unspecified atom stereocenters. The number of hydrogen-bond acceptors (Lipinski definition) is 2. The molecular formula is C6H10N2. The molecule has 2 nitrogen and oxygen atoms in total. The first-order chi connectivity index (χ1) is 3.75. The van der Waals surface area contributed by atoms with E-state index in [4.69, 9.17) is 0 Å². The number of hydrogen-bond donors (Lipinski definition) is 0. The lowest BCUT2D eigenvalue weighted by molar-refractivity contribution is 0.357. The molecule has 0 heterocycles. The van der Waals surface area contributed by atoms with Crippen LogP contribution in [-0.4, -0.2) is 24.8 Å². The molecule has 44 valence electrons. The van der Waals surface area contributed by atoms with Crippen molar-refractivity contribution in [3.8, 4) is 0 Å². The smallest absolute Gasteiger partial charge is 0.0712 e. The number of rotatable bonds is 2. The van der Waals surface area contributed by atoms with Crippen molar-refractivity contribution in [1.29, 1.82) is 0 Å². The average Bonchev–Trinajstić information content (AvgIpc) is 2.45. The summed E-state index contributed by atoms with van der Waals surface area (Å²) in [4.78, 5) is 0. The molecule has 0 radical (unpaired) electrons. The summed E-state index contributed by atoms with van der Waals surface area (Å²) in [5, 5.41) is 5.56. The Kier molecular flexibility index (Phi) is 1.08. The van der Waals surface area contributed by atoms with Crippen molar-refractivity contribution in [2.45, 2.75) is 12.5 Å². The Balaban J connectivity index is 2.38. The molecule has 0 aliphatic heterocycles. The molecule has 0 bridgehead atoms. The predicted octanol–water partition coefficient (Wildman–Crippen LogP) is 0.862. The van der Waals surface area contributed by atoms with Crippen molar-refractivity contribution < 1.29 is 0 Å². The zero-order valence-corrected chi connectivity index (χ0v) is 5.09. The lowest BCUT2D eigenvalue weighted by Gasteiger charge is -2.07. The Morgan fingerprint density at radius 2 is 2.38 bits per heavy atom. The molecule has 0 aromatic rings. The van der Waals surface area contributed by atoms with Crippen LogP contribution in [-0.2, 0) is 0 Å². The summed E-state index contributed by atoms with van der Waals surface area (Å²) in [6.07, 6.45) is 1.09. The second-order valence-electron chi connectivity index (χ2n) is 2.09. The molecule has 0 aromatic heterocycles. The van der Waals surface area contributed by atoms with Gasteiger partial charge in [-0.3, -0.25) is 5.01 Å². The van der Waals surface area contributed by atoms with Gasteiger partial charge in [0.1, 0.15) is 0 Å². The summed E-state index contributed by atoms with van der Waals surface area (Å²) in [5.74, 6) is 0. The molecular weight excluding hydrogens is 100 g/mol.